The summed E-state index contributed by atoms with van der Waals surface area (Å²) in [7, 11) is 0. The smallest absolute Gasteiger partial charge is 0.296 e. The predicted molar refractivity (Wildman–Crippen MR) is 118 cm³/mol. The molecule has 3 aromatic rings. The maximum absolute atomic E-state index is 13.1. The molecule has 0 bridgehead atoms. The van der Waals surface area contributed by atoms with E-state index < -0.39 is 17.7 Å². The number of benzene rings is 2. The van der Waals surface area contributed by atoms with Crippen LogP contribution in [0.15, 0.2) is 70.9 Å². The minimum Gasteiger partial charge on any atom is -0.507 e. The lowest BCUT2D eigenvalue weighted by Gasteiger charge is -2.24. The molecule has 0 saturated carbocycles. The lowest BCUT2D eigenvalue weighted by Crippen LogP contribution is -2.29. The number of aliphatic hydroxyl groups excluding tert-OH is 1. The minimum atomic E-state index is -0.777. The topological polar surface area (TPSA) is 80.0 Å². The Morgan fingerprint density at radius 1 is 1.16 bits per heavy atom. The zero-order chi connectivity index (χ0) is 22.4. The molecule has 2 aromatic carbocycles. The average molecular weight is 450 g/mol. The second kappa shape index (κ2) is 7.88. The van der Waals surface area contributed by atoms with Crippen molar-refractivity contribution in [2.45, 2.75) is 32.0 Å². The summed E-state index contributed by atoms with van der Waals surface area (Å²) in [6, 6.07) is 14.9. The number of rotatable bonds is 4. The Bertz CT molecular complexity index is 1230. The zero-order valence-electron chi connectivity index (χ0n) is 17.2. The molecule has 0 radical (unpaired) electrons. The van der Waals surface area contributed by atoms with E-state index in [-0.39, 0.29) is 24.0 Å². The van der Waals surface area contributed by atoms with Crippen molar-refractivity contribution in [3.05, 3.63) is 93.9 Å². The van der Waals surface area contributed by atoms with Crippen LogP contribution in [0.4, 0.5) is 0 Å². The largest absolute Gasteiger partial charge is 0.507 e. The standard InChI is InChI=1S/C25H20ClNO5/c1-14-11-17-12-16(6-9-20(17)32-14)23(28)21-22(15-4-7-18(26)8-5-15)27(25(30)24(21)29)13-19-3-2-10-31-19/h2-10,12,14,22,28H,11,13H2,1H3/b23-21+. The molecule has 2 aliphatic heterocycles. The summed E-state index contributed by atoms with van der Waals surface area (Å²) < 4.78 is 11.1. The van der Waals surface area contributed by atoms with E-state index in [0.29, 0.717) is 28.3 Å². The predicted octanol–water partition coefficient (Wildman–Crippen LogP) is 4.88. The van der Waals surface area contributed by atoms with Crippen molar-refractivity contribution >= 4 is 29.1 Å². The number of fused-ring (bicyclic) bond motifs is 1. The van der Waals surface area contributed by atoms with Crippen molar-refractivity contribution in [3.8, 4) is 5.75 Å². The summed E-state index contributed by atoms with van der Waals surface area (Å²) in [4.78, 5) is 27.5. The SMILES string of the molecule is CC1Cc2cc(/C(O)=C3\C(=O)C(=O)N(Cc4ccco4)C3c3ccc(Cl)cc3)ccc2O1. The van der Waals surface area contributed by atoms with Gasteiger partial charge in [-0.15, -0.1) is 0 Å². The molecule has 1 fully saturated rings. The van der Waals surface area contributed by atoms with Crippen LogP contribution in [0.1, 0.15) is 35.4 Å². The zero-order valence-corrected chi connectivity index (χ0v) is 18.0. The summed E-state index contributed by atoms with van der Waals surface area (Å²) >= 11 is 6.05. The summed E-state index contributed by atoms with van der Waals surface area (Å²) in [6.07, 6.45) is 2.27. The van der Waals surface area contributed by atoms with Gasteiger partial charge < -0.3 is 19.2 Å². The highest BCUT2D eigenvalue weighted by Crippen LogP contribution is 2.41. The van der Waals surface area contributed by atoms with Crippen LogP contribution < -0.4 is 4.74 Å². The summed E-state index contributed by atoms with van der Waals surface area (Å²) in [5.74, 6) is -0.344. The number of aliphatic hydroxyl groups is 1. The van der Waals surface area contributed by atoms with Crippen molar-refractivity contribution in [2.24, 2.45) is 0 Å². The molecule has 6 nitrogen and oxygen atoms in total. The third-order valence-electron chi connectivity index (χ3n) is 5.80. The second-order valence-corrected chi connectivity index (χ2v) is 8.45. The van der Waals surface area contributed by atoms with E-state index in [9.17, 15) is 14.7 Å². The third kappa shape index (κ3) is 3.46. The number of amides is 1. The third-order valence-corrected chi connectivity index (χ3v) is 6.05. The maximum atomic E-state index is 13.1. The van der Waals surface area contributed by atoms with Crippen LogP contribution in [-0.2, 0) is 22.6 Å². The van der Waals surface area contributed by atoms with Gasteiger partial charge in [0.05, 0.1) is 24.4 Å². The molecule has 1 amide bonds. The molecule has 7 heteroatoms. The van der Waals surface area contributed by atoms with Gasteiger partial charge in [0.1, 0.15) is 23.4 Å². The fourth-order valence-corrected chi connectivity index (χ4v) is 4.46. The Morgan fingerprint density at radius 2 is 1.94 bits per heavy atom. The number of Topliss-reactive ketones (excluding diaryl/α,β-unsaturated/α-hetero) is 1. The number of ketones is 1. The van der Waals surface area contributed by atoms with E-state index in [4.69, 9.17) is 20.8 Å². The highest BCUT2D eigenvalue weighted by molar-refractivity contribution is 6.46. The molecule has 0 aliphatic carbocycles. The van der Waals surface area contributed by atoms with E-state index in [1.54, 1.807) is 48.5 Å². The van der Waals surface area contributed by atoms with Crippen LogP contribution in [0.2, 0.25) is 5.02 Å². The van der Waals surface area contributed by atoms with Crippen LogP contribution >= 0.6 is 11.6 Å². The first-order chi connectivity index (χ1) is 15.4. The monoisotopic (exact) mass is 449 g/mol. The number of likely N-dealkylation sites (tertiary alicyclic amines) is 1. The van der Waals surface area contributed by atoms with Gasteiger partial charge in [0.2, 0.25) is 0 Å². The highest BCUT2D eigenvalue weighted by Gasteiger charge is 2.46. The lowest BCUT2D eigenvalue weighted by atomic mass is 9.94. The van der Waals surface area contributed by atoms with E-state index in [1.165, 1.54) is 11.2 Å². The number of hydrogen-bond donors (Lipinski definition) is 1. The highest BCUT2D eigenvalue weighted by atomic mass is 35.5. The van der Waals surface area contributed by atoms with Gasteiger partial charge in [-0.2, -0.15) is 0 Å². The summed E-state index contributed by atoms with van der Waals surface area (Å²) in [5.41, 5.74) is 2.13. The molecule has 0 spiro atoms. The Balaban J connectivity index is 1.63. The number of furan rings is 1. The van der Waals surface area contributed by atoms with Gasteiger partial charge in [-0.3, -0.25) is 9.59 Å². The van der Waals surface area contributed by atoms with Gasteiger partial charge in [-0.25, -0.2) is 0 Å². The van der Waals surface area contributed by atoms with Gasteiger partial charge in [0, 0.05) is 17.0 Å². The van der Waals surface area contributed by atoms with Crippen LogP contribution in [0, 0.1) is 0 Å². The van der Waals surface area contributed by atoms with Crippen LogP contribution in [0.3, 0.4) is 0 Å². The number of hydrogen-bond acceptors (Lipinski definition) is 5. The summed E-state index contributed by atoms with van der Waals surface area (Å²) in [6.45, 7) is 2.07. The van der Waals surface area contributed by atoms with Crippen molar-refractivity contribution in [1.82, 2.24) is 4.90 Å². The van der Waals surface area contributed by atoms with E-state index in [1.807, 2.05) is 13.0 Å². The van der Waals surface area contributed by atoms with Crippen molar-refractivity contribution in [1.29, 1.82) is 0 Å². The number of nitrogens with zero attached hydrogens (tertiary/aromatic N) is 1. The molecule has 2 unspecified atom stereocenters. The van der Waals surface area contributed by atoms with Crippen LogP contribution in [-0.4, -0.2) is 27.8 Å². The van der Waals surface area contributed by atoms with E-state index >= 15 is 0 Å². The molecular weight excluding hydrogens is 430 g/mol. The Labute approximate surface area is 189 Å². The molecule has 1 N–H and O–H groups in total. The van der Waals surface area contributed by atoms with Crippen molar-refractivity contribution in [3.63, 3.8) is 0 Å². The first-order valence-electron chi connectivity index (χ1n) is 10.3. The molecule has 2 atom stereocenters. The number of carbonyl (C=O) groups excluding carboxylic acids is 2. The van der Waals surface area contributed by atoms with Crippen LogP contribution in [0.25, 0.3) is 5.76 Å². The van der Waals surface area contributed by atoms with Gasteiger partial charge in [0.15, 0.2) is 0 Å². The Kier molecular flexibility index (Phi) is 5.02. The minimum absolute atomic E-state index is 0.0378. The number of halogens is 1. The first-order valence-corrected chi connectivity index (χ1v) is 10.7. The van der Waals surface area contributed by atoms with Gasteiger partial charge in [-0.05, 0) is 60.5 Å². The molecule has 32 heavy (non-hydrogen) atoms. The molecular formula is C25H20ClNO5. The molecule has 1 saturated heterocycles. The second-order valence-electron chi connectivity index (χ2n) is 8.01. The van der Waals surface area contributed by atoms with E-state index in [2.05, 4.69) is 0 Å². The Hall–Kier alpha value is -3.51. The molecule has 3 heterocycles. The van der Waals surface area contributed by atoms with E-state index in [0.717, 1.165) is 11.3 Å². The van der Waals surface area contributed by atoms with Gasteiger partial charge in [0.25, 0.3) is 11.7 Å². The van der Waals surface area contributed by atoms with Crippen molar-refractivity contribution in [2.75, 3.05) is 0 Å². The first kappa shape index (κ1) is 20.4. The number of carbonyl (C=O) groups is 2. The average Bonchev–Trinajstić information content (AvgIpc) is 3.48. The quantitative estimate of drug-likeness (QED) is 0.349. The fraction of sp³-hybridized carbons (Fsp3) is 0.200. The maximum Gasteiger partial charge on any atom is 0.296 e. The normalized spacial score (nSPS) is 21.6. The van der Waals surface area contributed by atoms with Crippen molar-refractivity contribution < 1.29 is 23.8 Å². The summed E-state index contributed by atoms with van der Waals surface area (Å²) in [5, 5.41) is 11.8. The fourth-order valence-electron chi connectivity index (χ4n) is 4.33. The number of ether oxygens (including phenoxy) is 1. The lowest BCUT2D eigenvalue weighted by molar-refractivity contribution is -0.140. The molecule has 162 valence electrons. The Morgan fingerprint density at radius 3 is 2.66 bits per heavy atom. The van der Waals surface area contributed by atoms with Crippen LogP contribution in [0.5, 0.6) is 5.75 Å². The van der Waals surface area contributed by atoms with Gasteiger partial charge >= 0.3 is 0 Å². The molecule has 1 aromatic heterocycles. The van der Waals surface area contributed by atoms with Gasteiger partial charge in [-0.1, -0.05) is 23.7 Å². The molecule has 2 aliphatic rings. The molecule has 5 rings (SSSR count).